The molecule has 1 fully saturated rings. The minimum Gasteiger partial charge on any atom is -0.480 e. The highest BCUT2D eigenvalue weighted by atomic mass is 16.4. The minimum absolute atomic E-state index is 0.0719. The average Bonchev–Trinajstić information content (AvgIpc) is 2.41. The Morgan fingerprint density at radius 3 is 2.40 bits per heavy atom. The Morgan fingerprint density at radius 2 is 1.85 bits per heavy atom. The molecule has 0 saturated heterocycles. The van der Waals surface area contributed by atoms with Gasteiger partial charge in [-0.2, -0.15) is 0 Å². The molecule has 2 amide bonds. The number of aliphatic carboxylic acids is 1. The lowest BCUT2D eigenvalue weighted by atomic mass is 9.84. The number of nitrogens with one attached hydrogen (secondary N) is 2. The molecule has 5 heteroatoms. The van der Waals surface area contributed by atoms with E-state index < -0.39 is 12.0 Å². The van der Waals surface area contributed by atoms with E-state index in [1.165, 1.54) is 6.42 Å². The molecule has 1 rings (SSSR count). The van der Waals surface area contributed by atoms with Crippen LogP contribution in [0.15, 0.2) is 0 Å². The van der Waals surface area contributed by atoms with Gasteiger partial charge in [-0.05, 0) is 37.5 Å². The van der Waals surface area contributed by atoms with Crippen molar-refractivity contribution in [1.82, 2.24) is 10.6 Å². The Morgan fingerprint density at radius 1 is 1.20 bits per heavy atom. The molecule has 0 bridgehead atoms. The maximum atomic E-state index is 11.8. The number of urea groups is 1. The van der Waals surface area contributed by atoms with Crippen molar-refractivity contribution < 1.29 is 14.7 Å². The normalized spacial score (nSPS) is 17.8. The van der Waals surface area contributed by atoms with Crippen molar-refractivity contribution in [2.75, 3.05) is 6.54 Å². The van der Waals surface area contributed by atoms with E-state index in [0.29, 0.717) is 12.5 Å². The summed E-state index contributed by atoms with van der Waals surface area (Å²) in [6, 6.07) is -1.10. The van der Waals surface area contributed by atoms with Gasteiger partial charge in [-0.25, -0.2) is 9.59 Å². The Kier molecular flexibility index (Phi) is 7.41. The van der Waals surface area contributed by atoms with Gasteiger partial charge in [0.1, 0.15) is 6.04 Å². The van der Waals surface area contributed by atoms with Crippen LogP contribution in [0.25, 0.3) is 0 Å². The van der Waals surface area contributed by atoms with Crippen LogP contribution in [0.5, 0.6) is 0 Å². The van der Waals surface area contributed by atoms with Crippen molar-refractivity contribution >= 4 is 12.0 Å². The standard InChI is InChI=1S/C15H28N2O3/c1-11(2)7-6-10-16-15(20)17-13(14(18)19)12-8-4-3-5-9-12/h11-13H,3-10H2,1-2H3,(H,18,19)(H2,16,17,20). The number of carboxylic acids is 1. The summed E-state index contributed by atoms with van der Waals surface area (Å²) in [7, 11) is 0. The van der Waals surface area contributed by atoms with Crippen molar-refractivity contribution in [1.29, 1.82) is 0 Å². The second kappa shape index (κ2) is 8.82. The second-order valence-corrected chi connectivity index (χ2v) is 6.15. The lowest BCUT2D eigenvalue weighted by Gasteiger charge is -2.28. The van der Waals surface area contributed by atoms with Crippen LogP contribution in [0.2, 0.25) is 0 Å². The van der Waals surface area contributed by atoms with Crippen molar-refractivity contribution in [3.63, 3.8) is 0 Å². The number of carbonyl (C=O) groups excluding carboxylic acids is 1. The molecule has 5 nitrogen and oxygen atoms in total. The van der Waals surface area contributed by atoms with Gasteiger partial charge in [0.05, 0.1) is 0 Å². The zero-order valence-electron chi connectivity index (χ0n) is 12.7. The summed E-state index contributed by atoms with van der Waals surface area (Å²) in [5, 5.41) is 14.7. The van der Waals surface area contributed by atoms with Crippen LogP contribution in [0.4, 0.5) is 4.79 Å². The smallest absolute Gasteiger partial charge is 0.326 e. The van der Waals surface area contributed by atoms with Gasteiger partial charge in [-0.3, -0.25) is 0 Å². The molecule has 20 heavy (non-hydrogen) atoms. The molecule has 1 aliphatic rings. The Labute approximate surface area is 121 Å². The number of carboxylic acid groups (broad SMARTS) is 1. The van der Waals surface area contributed by atoms with E-state index in [2.05, 4.69) is 24.5 Å². The highest BCUT2D eigenvalue weighted by Crippen LogP contribution is 2.26. The fraction of sp³-hybridized carbons (Fsp3) is 0.867. The first-order valence-electron chi connectivity index (χ1n) is 7.78. The molecule has 1 atom stereocenters. The van der Waals surface area contributed by atoms with Crippen molar-refractivity contribution in [3.05, 3.63) is 0 Å². The van der Waals surface area contributed by atoms with E-state index in [4.69, 9.17) is 0 Å². The zero-order chi connectivity index (χ0) is 15.0. The fourth-order valence-corrected chi connectivity index (χ4v) is 2.75. The van der Waals surface area contributed by atoms with Crippen LogP contribution in [-0.4, -0.2) is 29.7 Å². The third kappa shape index (κ3) is 6.26. The molecule has 3 N–H and O–H groups in total. The summed E-state index contributed by atoms with van der Waals surface area (Å²) in [5.41, 5.74) is 0. The predicted molar refractivity (Wildman–Crippen MR) is 78.6 cm³/mol. The Balaban J connectivity index is 2.33. The molecule has 0 heterocycles. The summed E-state index contributed by atoms with van der Waals surface area (Å²) < 4.78 is 0. The molecule has 0 aromatic heterocycles. The number of hydrogen-bond donors (Lipinski definition) is 3. The number of carbonyl (C=O) groups is 2. The molecular formula is C15H28N2O3. The highest BCUT2D eigenvalue weighted by molar-refractivity contribution is 5.82. The van der Waals surface area contributed by atoms with Crippen LogP contribution in [0.3, 0.4) is 0 Å². The molecule has 1 unspecified atom stereocenters. The van der Waals surface area contributed by atoms with Crippen molar-refractivity contribution in [2.24, 2.45) is 11.8 Å². The van der Waals surface area contributed by atoms with Gasteiger partial charge in [0.2, 0.25) is 0 Å². The first-order valence-corrected chi connectivity index (χ1v) is 7.78. The number of rotatable bonds is 7. The maximum Gasteiger partial charge on any atom is 0.326 e. The summed E-state index contributed by atoms with van der Waals surface area (Å²) in [4.78, 5) is 23.1. The van der Waals surface area contributed by atoms with Gasteiger partial charge in [0.25, 0.3) is 0 Å². The van der Waals surface area contributed by atoms with Gasteiger partial charge in [0.15, 0.2) is 0 Å². The van der Waals surface area contributed by atoms with Crippen molar-refractivity contribution in [2.45, 2.75) is 64.8 Å². The summed E-state index contributed by atoms with van der Waals surface area (Å²) in [6.07, 6.45) is 7.06. The van der Waals surface area contributed by atoms with Gasteiger partial charge < -0.3 is 15.7 Å². The van der Waals surface area contributed by atoms with E-state index in [-0.39, 0.29) is 11.9 Å². The first kappa shape index (κ1) is 16.8. The molecule has 0 spiro atoms. The van der Waals surface area contributed by atoms with E-state index in [1.807, 2.05) is 0 Å². The van der Waals surface area contributed by atoms with E-state index in [1.54, 1.807) is 0 Å². The second-order valence-electron chi connectivity index (χ2n) is 6.15. The molecule has 0 radical (unpaired) electrons. The lowest BCUT2D eigenvalue weighted by Crippen LogP contribution is -2.50. The topological polar surface area (TPSA) is 78.4 Å². The SMILES string of the molecule is CC(C)CCCNC(=O)NC(C(=O)O)C1CCCCC1. The summed E-state index contributed by atoms with van der Waals surface area (Å²) >= 11 is 0. The van der Waals surface area contributed by atoms with Gasteiger partial charge in [-0.15, -0.1) is 0 Å². The number of hydrogen-bond acceptors (Lipinski definition) is 2. The third-order valence-electron chi connectivity index (χ3n) is 3.92. The third-order valence-corrected chi connectivity index (χ3v) is 3.92. The molecule has 0 aromatic rings. The molecule has 0 aliphatic heterocycles. The van der Waals surface area contributed by atoms with E-state index in [0.717, 1.165) is 38.5 Å². The van der Waals surface area contributed by atoms with Gasteiger partial charge >= 0.3 is 12.0 Å². The monoisotopic (exact) mass is 284 g/mol. The van der Waals surface area contributed by atoms with E-state index in [9.17, 15) is 14.7 Å². The van der Waals surface area contributed by atoms with Crippen molar-refractivity contribution in [3.8, 4) is 0 Å². The zero-order valence-corrected chi connectivity index (χ0v) is 12.7. The van der Waals surface area contributed by atoms with Crippen LogP contribution in [-0.2, 0) is 4.79 Å². The molecular weight excluding hydrogens is 256 g/mol. The van der Waals surface area contributed by atoms with Crippen LogP contribution < -0.4 is 10.6 Å². The van der Waals surface area contributed by atoms with Gasteiger partial charge in [0, 0.05) is 6.54 Å². The van der Waals surface area contributed by atoms with Crippen LogP contribution >= 0.6 is 0 Å². The summed E-state index contributed by atoms with van der Waals surface area (Å²) in [5.74, 6) is -0.231. The predicted octanol–water partition coefficient (Wildman–Crippen LogP) is 2.76. The molecule has 1 aliphatic carbocycles. The van der Waals surface area contributed by atoms with Crippen LogP contribution in [0.1, 0.15) is 58.8 Å². The fourth-order valence-electron chi connectivity index (χ4n) is 2.75. The Bertz CT molecular complexity index is 312. The van der Waals surface area contributed by atoms with E-state index >= 15 is 0 Å². The molecule has 1 saturated carbocycles. The lowest BCUT2D eigenvalue weighted by molar-refractivity contribution is -0.141. The quantitative estimate of drug-likeness (QED) is 0.629. The molecule has 0 aromatic carbocycles. The number of amides is 2. The first-order chi connectivity index (χ1) is 9.50. The minimum atomic E-state index is -0.922. The largest absolute Gasteiger partial charge is 0.480 e. The summed E-state index contributed by atoms with van der Waals surface area (Å²) in [6.45, 7) is 4.88. The van der Waals surface area contributed by atoms with Gasteiger partial charge in [-0.1, -0.05) is 33.1 Å². The Hall–Kier alpha value is -1.26. The molecule has 116 valence electrons. The highest BCUT2D eigenvalue weighted by Gasteiger charge is 2.30. The van der Waals surface area contributed by atoms with Crippen LogP contribution in [0, 0.1) is 11.8 Å². The average molecular weight is 284 g/mol. The maximum absolute atomic E-state index is 11.8.